The first-order valence-electron chi connectivity index (χ1n) is 7.33. The molecule has 0 spiro atoms. The summed E-state index contributed by atoms with van der Waals surface area (Å²) in [5.74, 6) is 1.52. The first-order chi connectivity index (χ1) is 8.69. The Bertz CT molecular complexity index is 381. The van der Waals surface area contributed by atoms with Crippen molar-refractivity contribution < 1.29 is 4.74 Å². The SMILES string of the molecule is CCC(C)(C)C(CC(C)(C)C)c1ccc(OC)cc1. The predicted octanol–water partition coefficient (Wildman–Crippen LogP) is 5.65. The van der Waals surface area contributed by atoms with Gasteiger partial charge in [0.25, 0.3) is 0 Å². The predicted molar refractivity (Wildman–Crippen MR) is 83.9 cm³/mol. The molecule has 0 fully saturated rings. The Balaban J connectivity index is 3.08. The first-order valence-corrected chi connectivity index (χ1v) is 7.33. The van der Waals surface area contributed by atoms with Crippen molar-refractivity contribution in [3.63, 3.8) is 0 Å². The minimum Gasteiger partial charge on any atom is -0.497 e. The maximum atomic E-state index is 5.26. The van der Waals surface area contributed by atoms with Crippen LogP contribution < -0.4 is 4.74 Å². The Labute approximate surface area is 119 Å². The molecule has 1 nitrogen and oxygen atoms in total. The van der Waals surface area contributed by atoms with Crippen molar-refractivity contribution in [3.8, 4) is 5.75 Å². The van der Waals surface area contributed by atoms with Crippen LogP contribution in [0.2, 0.25) is 0 Å². The lowest BCUT2D eigenvalue weighted by Gasteiger charge is -2.38. The van der Waals surface area contributed by atoms with Gasteiger partial charge in [0.15, 0.2) is 0 Å². The second-order valence-electron chi connectivity index (χ2n) is 7.43. The summed E-state index contributed by atoms with van der Waals surface area (Å²) in [7, 11) is 1.72. The van der Waals surface area contributed by atoms with E-state index in [1.54, 1.807) is 7.11 Å². The molecule has 1 atom stereocenters. The zero-order chi connectivity index (χ0) is 14.7. The van der Waals surface area contributed by atoms with Crippen molar-refractivity contribution in [1.82, 2.24) is 0 Å². The van der Waals surface area contributed by atoms with Crippen LogP contribution >= 0.6 is 0 Å². The molecule has 1 unspecified atom stereocenters. The highest BCUT2D eigenvalue weighted by atomic mass is 16.5. The topological polar surface area (TPSA) is 9.23 Å². The second kappa shape index (κ2) is 5.98. The van der Waals surface area contributed by atoms with E-state index in [4.69, 9.17) is 4.74 Å². The molecule has 1 rings (SSSR count). The number of hydrogen-bond donors (Lipinski definition) is 0. The Morgan fingerprint density at radius 3 is 1.89 bits per heavy atom. The Morgan fingerprint density at radius 2 is 1.53 bits per heavy atom. The third kappa shape index (κ3) is 4.56. The molecule has 0 aliphatic carbocycles. The van der Waals surface area contributed by atoms with E-state index < -0.39 is 0 Å². The summed E-state index contributed by atoms with van der Waals surface area (Å²) in [5, 5.41) is 0. The van der Waals surface area contributed by atoms with Crippen molar-refractivity contribution >= 4 is 0 Å². The van der Waals surface area contributed by atoms with Crippen molar-refractivity contribution in [2.24, 2.45) is 10.8 Å². The fourth-order valence-electron chi connectivity index (χ4n) is 2.54. The van der Waals surface area contributed by atoms with Crippen LogP contribution in [0, 0.1) is 10.8 Å². The number of ether oxygens (including phenoxy) is 1. The van der Waals surface area contributed by atoms with Gasteiger partial charge in [-0.3, -0.25) is 0 Å². The normalized spacial score (nSPS) is 14.3. The quantitative estimate of drug-likeness (QED) is 0.666. The van der Waals surface area contributed by atoms with E-state index in [0.29, 0.717) is 16.7 Å². The zero-order valence-electron chi connectivity index (χ0n) is 13.7. The lowest BCUT2D eigenvalue weighted by molar-refractivity contribution is 0.203. The third-order valence-electron chi connectivity index (χ3n) is 4.19. The van der Waals surface area contributed by atoms with Gasteiger partial charge in [-0.15, -0.1) is 0 Å². The summed E-state index contributed by atoms with van der Waals surface area (Å²) in [4.78, 5) is 0. The number of methoxy groups -OCH3 is 1. The molecule has 108 valence electrons. The van der Waals surface area contributed by atoms with Crippen molar-refractivity contribution in [1.29, 1.82) is 0 Å². The molecule has 0 aliphatic rings. The van der Waals surface area contributed by atoms with Crippen LogP contribution in [-0.2, 0) is 0 Å². The maximum Gasteiger partial charge on any atom is 0.118 e. The molecule has 0 saturated carbocycles. The summed E-state index contributed by atoms with van der Waals surface area (Å²) in [6, 6.07) is 8.62. The molecule has 1 aromatic carbocycles. The van der Waals surface area contributed by atoms with Gasteiger partial charge in [0.2, 0.25) is 0 Å². The molecular weight excluding hydrogens is 232 g/mol. The number of hydrogen-bond acceptors (Lipinski definition) is 1. The zero-order valence-corrected chi connectivity index (χ0v) is 13.7. The monoisotopic (exact) mass is 262 g/mol. The maximum absolute atomic E-state index is 5.26. The number of rotatable bonds is 5. The average molecular weight is 262 g/mol. The van der Waals surface area contributed by atoms with Gasteiger partial charge in [0.1, 0.15) is 5.75 Å². The molecule has 0 bridgehead atoms. The molecule has 0 N–H and O–H groups in total. The van der Waals surface area contributed by atoms with E-state index in [1.165, 1.54) is 18.4 Å². The van der Waals surface area contributed by atoms with Crippen LogP contribution in [0.3, 0.4) is 0 Å². The molecular formula is C18H30O. The fraction of sp³-hybridized carbons (Fsp3) is 0.667. The van der Waals surface area contributed by atoms with Crippen LogP contribution in [0.15, 0.2) is 24.3 Å². The Hall–Kier alpha value is -0.980. The molecule has 0 amide bonds. The molecule has 0 aliphatic heterocycles. The summed E-state index contributed by atoms with van der Waals surface area (Å²) in [5.41, 5.74) is 2.10. The summed E-state index contributed by atoms with van der Waals surface area (Å²) >= 11 is 0. The Morgan fingerprint density at radius 1 is 1.00 bits per heavy atom. The van der Waals surface area contributed by atoms with Gasteiger partial charge in [0, 0.05) is 0 Å². The van der Waals surface area contributed by atoms with E-state index in [-0.39, 0.29) is 0 Å². The molecule has 0 radical (unpaired) electrons. The highest BCUT2D eigenvalue weighted by Crippen LogP contribution is 2.45. The summed E-state index contributed by atoms with van der Waals surface area (Å²) in [6.45, 7) is 14.0. The van der Waals surface area contributed by atoms with Crippen LogP contribution in [-0.4, -0.2) is 7.11 Å². The lowest BCUT2D eigenvalue weighted by atomic mass is 9.67. The van der Waals surface area contributed by atoms with Crippen LogP contribution in [0.4, 0.5) is 0 Å². The van der Waals surface area contributed by atoms with Gasteiger partial charge in [-0.05, 0) is 40.9 Å². The van der Waals surface area contributed by atoms with Crippen molar-refractivity contribution in [2.45, 2.75) is 60.3 Å². The molecule has 1 heteroatoms. The minimum atomic E-state index is 0.321. The minimum absolute atomic E-state index is 0.321. The summed E-state index contributed by atoms with van der Waals surface area (Å²) in [6.07, 6.45) is 2.40. The second-order valence-corrected chi connectivity index (χ2v) is 7.43. The van der Waals surface area contributed by atoms with Crippen molar-refractivity contribution in [2.75, 3.05) is 7.11 Å². The van der Waals surface area contributed by atoms with Crippen LogP contribution in [0.5, 0.6) is 5.75 Å². The van der Waals surface area contributed by atoms with Gasteiger partial charge >= 0.3 is 0 Å². The van der Waals surface area contributed by atoms with Gasteiger partial charge in [-0.1, -0.05) is 60.1 Å². The lowest BCUT2D eigenvalue weighted by Crippen LogP contribution is -2.25. The van der Waals surface area contributed by atoms with Gasteiger partial charge in [-0.25, -0.2) is 0 Å². The Kier molecular flexibility index (Phi) is 5.06. The van der Waals surface area contributed by atoms with E-state index in [0.717, 1.165) is 5.75 Å². The molecule has 0 aromatic heterocycles. The van der Waals surface area contributed by atoms with E-state index in [9.17, 15) is 0 Å². The van der Waals surface area contributed by atoms with Gasteiger partial charge in [0.05, 0.1) is 7.11 Å². The third-order valence-corrected chi connectivity index (χ3v) is 4.19. The average Bonchev–Trinajstić information content (AvgIpc) is 2.35. The molecule has 1 aromatic rings. The highest BCUT2D eigenvalue weighted by Gasteiger charge is 2.32. The largest absolute Gasteiger partial charge is 0.497 e. The van der Waals surface area contributed by atoms with Crippen LogP contribution in [0.25, 0.3) is 0 Å². The van der Waals surface area contributed by atoms with Gasteiger partial charge < -0.3 is 4.74 Å². The highest BCUT2D eigenvalue weighted by molar-refractivity contribution is 5.30. The molecule has 19 heavy (non-hydrogen) atoms. The van der Waals surface area contributed by atoms with Crippen LogP contribution in [0.1, 0.15) is 65.9 Å². The van der Waals surface area contributed by atoms with Crippen molar-refractivity contribution in [3.05, 3.63) is 29.8 Å². The molecule has 0 heterocycles. The fourth-order valence-corrected chi connectivity index (χ4v) is 2.54. The molecule has 0 saturated heterocycles. The van der Waals surface area contributed by atoms with Gasteiger partial charge in [-0.2, -0.15) is 0 Å². The summed E-state index contributed by atoms with van der Waals surface area (Å²) < 4.78 is 5.26. The first kappa shape index (κ1) is 16.1. The van der Waals surface area contributed by atoms with E-state index in [1.807, 2.05) is 0 Å². The number of benzene rings is 1. The van der Waals surface area contributed by atoms with E-state index in [2.05, 4.69) is 65.8 Å². The smallest absolute Gasteiger partial charge is 0.118 e. The van der Waals surface area contributed by atoms with E-state index >= 15 is 0 Å². The standard InChI is InChI=1S/C18H30O/c1-8-18(5,6)16(13-17(2,3)4)14-9-11-15(19-7)12-10-14/h9-12,16H,8,13H2,1-7H3.